The Morgan fingerprint density at radius 2 is 2.06 bits per heavy atom. The molecule has 3 heteroatoms. The number of para-hydroxylation sites is 1. The Hall–Kier alpha value is -1.51. The van der Waals surface area contributed by atoms with Crippen LogP contribution in [0, 0.1) is 0 Å². The highest BCUT2D eigenvalue weighted by molar-refractivity contribution is 5.73. The summed E-state index contributed by atoms with van der Waals surface area (Å²) in [7, 11) is 0. The first kappa shape index (κ1) is 11.0. The molecule has 0 heterocycles. The van der Waals surface area contributed by atoms with Crippen LogP contribution >= 0.6 is 0 Å². The monoisotopic (exact) mass is 219 g/mol. The maximum absolute atomic E-state index is 11.0. The molecule has 0 aliphatic heterocycles. The van der Waals surface area contributed by atoms with Crippen molar-refractivity contribution in [3.63, 3.8) is 0 Å². The minimum Gasteiger partial charge on any atom is -0.488 e. The molecule has 1 amide bonds. The molecule has 1 saturated carbocycles. The zero-order valence-electron chi connectivity index (χ0n) is 9.48. The van der Waals surface area contributed by atoms with Crippen molar-refractivity contribution in [2.75, 3.05) is 0 Å². The Kier molecular flexibility index (Phi) is 3.44. The van der Waals surface area contributed by atoms with Crippen LogP contribution in [0.15, 0.2) is 30.3 Å². The molecule has 0 radical (unpaired) electrons. The van der Waals surface area contributed by atoms with Gasteiger partial charge in [-0.05, 0) is 31.4 Å². The molecule has 3 nitrogen and oxygen atoms in total. The first-order valence-electron chi connectivity index (χ1n) is 5.74. The number of nitrogens with one attached hydrogen (secondary N) is 1. The van der Waals surface area contributed by atoms with E-state index in [2.05, 4.69) is 5.32 Å². The molecule has 1 aromatic rings. The molecule has 0 unspecified atom stereocenters. The SMILES string of the molecule is CC(=O)N[C@H]1CCC[C@@H]1Oc1ccccc1. The Labute approximate surface area is 95.8 Å². The quantitative estimate of drug-likeness (QED) is 0.845. The Morgan fingerprint density at radius 1 is 1.31 bits per heavy atom. The van der Waals surface area contributed by atoms with Gasteiger partial charge in [0.1, 0.15) is 11.9 Å². The Balaban J connectivity index is 1.96. The van der Waals surface area contributed by atoms with E-state index in [0.29, 0.717) is 0 Å². The number of carbonyl (C=O) groups is 1. The second-order valence-electron chi connectivity index (χ2n) is 4.21. The molecule has 0 spiro atoms. The van der Waals surface area contributed by atoms with Gasteiger partial charge in [0.25, 0.3) is 0 Å². The van der Waals surface area contributed by atoms with Gasteiger partial charge >= 0.3 is 0 Å². The van der Waals surface area contributed by atoms with E-state index >= 15 is 0 Å². The maximum atomic E-state index is 11.0. The average molecular weight is 219 g/mol. The lowest BCUT2D eigenvalue weighted by molar-refractivity contribution is -0.120. The van der Waals surface area contributed by atoms with Crippen LogP contribution in [-0.4, -0.2) is 18.1 Å². The summed E-state index contributed by atoms with van der Waals surface area (Å²) in [5, 5.41) is 2.95. The zero-order valence-corrected chi connectivity index (χ0v) is 9.48. The van der Waals surface area contributed by atoms with Crippen LogP contribution in [0.5, 0.6) is 5.75 Å². The van der Waals surface area contributed by atoms with Crippen molar-refractivity contribution >= 4 is 5.91 Å². The summed E-state index contributed by atoms with van der Waals surface area (Å²) in [6, 6.07) is 9.94. The summed E-state index contributed by atoms with van der Waals surface area (Å²) >= 11 is 0. The molecule has 1 fully saturated rings. The molecular weight excluding hydrogens is 202 g/mol. The molecule has 16 heavy (non-hydrogen) atoms. The van der Waals surface area contributed by atoms with Crippen LogP contribution in [-0.2, 0) is 4.79 Å². The highest BCUT2D eigenvalue weighted by atomic mass is 16.5. The van der Waals surface area contributed by atoms with Crippen LogP contribution in [0.1, 0.15) is 26.2 Å². The van der Waals surface area contributed by atoms with E-state index in [1.165, 1.54) is 0 Å². The van der Waals surface area contributed by atoms with E-state index in [9.17, 15) is 4.79 Å². The Bertz CT molecular complexity index is 350. The zero-order chi connectivity index (χ0) is 11.4. The lowest BCUT2D eigenvalue weighted by Gasteiger charge is -2.21. The van der Waals surface area contributed by atoms with Crippen LogP contribution in [0.25, 0.3) is 0 Å². The summed E-state index contributed by atoms with van der Waals surface area (Å²) in [4.78, 5) is 11.0. The first-order chi connectivity index (χ1) is 7.75. The molecule has 1 aromatic carbocycles. The molecule has 0 saturated heterocycles. The van der Waals surface area contributed by atoms with E-state index < -0.39 is 0 Å². The standard InChI is InChI=1S/C13H17NO2/c1-10(15)14-12-8-5-9-13(12)16-11-6-3-2-4-7-11/h2-4,6-7,12-13H,5,8-9H2,1H3,(H,14,15)/t12-,13-/m0/s1. The number of carbonyl (C=O) groups excluding carboxylic acids is 1. The van der Waals surface area contributed by atoms with Gasteiger partial charge in [-0.3, -0.25) is 4.79 Å². The van der Waals surface area contributed by atoms with E-state index in [4.69, 9.17) is 4.74 Å². The van der Waals surface area contributed by atoms with Gasteiger partial charge < -0.3 is 10.1 Å². The molecule has 1 aliphatic rings. The topological polar surface area (TPSA) is 38.3 Å². The van der Waals surface area contributed by atoms with Crippen molar-refractivity contribution in [1.82, 2.24) is 5.32 Å². The van der Waals surface area contributed by atoms with E-state index in [1.54, 1.807) is 6.92 Å². The van der Waals surface area contributed by atoms with Crippen molar-refractivity contribution in [2.45, 2.75) is 38.3 Å². The van der Waals surface area contributed by atoms with Crippen LogP contribution in [0.4, 0.5) is 0 Å². The van der Waals surface area contributed by atoms with Crippen molar-refractivity contribution in [3.05, 3.63) is 30.3 Å². The summed E-state index contributed by atoms with van der Waals surface area (Å²) in [5.74, 6) is 0.901. The van der Waals surface area contributed by atoms with Gasteiger partial charge in [-0.2, -0.15) is 0 Å². The summed E-state index contributed by atoms with van der Waals surface area (Å²) in [6.45, 7) is 1.55. The number of rotatable bonds is 3. The number of hydrogen-bond acceptors (Lipinski definition) is 2. The minimum atomic E-state index is 0.0218. The van der Waals surface area contributed by atoms with Gasteiger partial charge in [-0.1, -0.05) is 18.2 Å². The van der Waals surface area contributed by atoms with Gasteiger partial charge in [-0.25, -0.2) is 0 Å². The predicted molar refractivity (Wildman–Crippen MR) is 62.3 cm³/mol. The fraction of sp³-hybridized carbons (Fsp3) is 0.462. The van der Waals surface area contributed by atoms with Gasteiger partial charge in [0.15, 0.2) is 0 Å². The van der Waals surface area contributed by atoms with Gasteiger partial charge in [0.2, 0.25) is 5.91 Å². The fourth-order valence-corrected chi connectivity index (χ4v) is 2.17. The third kappa shape index (κ3) is 2.75. The molecule has 0 bridgehead atoms. The minimum absolute atomic E-state index is 0.0218. The molecular formula is C13H17NO2. The number of hydrogen-bond donors (Lipinski definition) is 1. The number of benzene rings is 1. The largest absolute Gasteiger partial charge is 0.488 e. The average Bonchev–Trinajstić information content (AvgIpc) is 2.66. The van der Waals surface area contributed by atoms with Crippen molar-refractivity contribution in [2.24, 2.45) is 0 Å². The normalized spacial score (nSPS) is 24.1. The molecule has 2 atom stereocenters. The summed E-state index contributed by atoms with van der Waals surface area (Å²) in [6.07, 6.45) is 3.26. The number of ether oxygens (including phenoxy) is 1. The number of amides is 1. The van der Waals surface area contributed by atoms with Crippen LogP contribution in [0.2, 0.25) is 0 Å². The Morgan fingerprint density at radius 3 is 2.75 bits per heavy atom. The van der Waals surface area contributed by atoms with E-state index in [-0.39, 0.29) is 18.1 Å². The summed E-state index contributed by atoms with van der Waals surface area (Å²) < 4.78 is 5.87. The van der Waals surface area contributed by atoms with Gasteiger partial charge in [0.05, 0.1) is 6.04 Å². The van der Waals surface area contributed by atoms with Crippen LogP contribution in [0.3, 0.4) is 0 Å². The fourth-order valence-electron chi connectivity index (χ4n) is 2.17. The van der Waals surface area contributed by atoms with Crippen molar-refractivity contribution in [1.29, 1.82) is 0 Å². The second kappa shape index (κ2) is 5.01. The first-order valence-corrected chi connectivity index (χ1v) is 5.74. The van der Waals surface area contributed by atoms with Crippen molar-refractivity contribution < 1.29 is 9.53 Å². The smallest absolute Gasteiger partial charge is 0.217 e. The summed E-state index contributed by atoms with van der Waals surface area (Å²) in [5.41, 5.74) is 0. The lowest BCUT2D eigenvalue weighted by Crippen LogP contribution is -2.41. The highest BCUT2D eigenvalue weighted by Crippen LogP contribution is 2.24. The highest BCUT2D eigenvalue weighted by Gasteiger charge is 2.29. The molecule has 0 aromatic heterocycles. The molecule has 1 aliphatic carbocycles. The van der Waals surface area contributed by atoms with E-state index in [0.717, 1.165) is 25.0 Å². The predicted octanol–water partition coefficient (Wildman–Crippen LogP) is 2.12. The van der Waals surface area contributed by atoms with Gasteiger partial charge in [0, 0.05) is 6.92 Å². The molecule has 2 rings (SSSR count). The third-order valence-electron chi connectivity index (χ3n) is 2.87. The van der Waals surface area contributed by atoms with Crippen molar-refractivity contribution in [3.8, 4) is 5.75 Å². The second-order valence-corrected chi connectivity index (χ2v) is 4.21. The van der Waals surface area contributed by atoms with Crippen LogP contribution < -0.4 is 10.1 Å². The van der Waals surface area contributed by atoms with E-state index in [1.807, 2.05) is 30.3 Å². The molecule has 1 N–H and O–H groups in total. The molecule has 86 valence electrons. The maximum Gasteiger partial charge on any atom is 0.217 e. The third-order valence-corrected chi connectivity index (χ3v) is 2.87. The van der Waals surface area contributed by atoms with Gasteiger partial charge in [-0.15, -0.1) is 0 Å². The lowest BCUT2D eigenvalue weighted by atomic mass is 10.2.